The Balaban J connectivity index is 2.57. The van der Waals surface area contributed by atoms with Gasteiger partial charge in [0.1, 0.15) is 11.6 Å². The van der Waals surface area contributed by atoms with Gasteiger partial charge in [-0.15, -0.1) is 0 Å². The second-order valence-corrected chi connectivity index (χ2v) is 4.45. The van der Waals surface area contributed by atoms with E-state index in [1.165, 1.54) is 37.4 Å². The molecule has 21 heavy (non-hydrogen) atoms. The Morgan fingerprint density at radius 3 is 2.10 bits per heavy atom. The van der Waals surface area contributed by atoms with Crippen LogP contribution in [0.15, 0.2) is 42.5 Å². The number of rotatable bonds is 3. The molecule has 2 rings (SSSR count). The summed E-state index contributed by atoms with van der Waals surface area (Å²) in [6, 6.07) is 7.52. The van der Waals surface area contributed by atoms with E-state index in [-0.39, 0.29) is 11.1 Å². The molecule has 1 atom stereocenters. The smallest absolute Gasteiger partial charge is 0.309 e. The Kier molecular flexibility index (Phi) is 4.27. The zero-order valence-corrected chi connectivity index (χ0v) is 11.0. The number of hydrogen-bond donors (Lipinski definition) is 1. The van der Waals surface area contributed by atoms with Gasteiger partial charge in [0.05, 0.1) is 11.6 Å². The standard InChI is InChI=1S/C15H12F5N/c1-21-14(9-5-2-3-8-12(9)16)10-6-4-7-11(13(10)17)15(18,19)20/h2-8,14,21H,1H3. The highest BCUT2D eigenvalue weighted by Gasteiger charge is 2.36. The first-order valence-corrected chi connectivity index (χ1v) is 6.13. The Morgan fingerprint density at radius 1 is 0.905 bits per heavy atom. The predicted octanol–water partition coefficient (Wildman–Crippen LogP) is 4.29. The fourth-order valence-corrected chi connectivity index (χ4v) is 2.18. The maximum atomic E-state index is 14.1. The number of hydrogen-bond acceptors (Lipinski definition) is 1. The molecule has 0 heterocycles. The molecule has 0 aliphatic rings. The summed E-state index contributed by atoms with van der Waals surface area (Å²) >= 11 is 0. The van der Waals surface area contributed by atoms with Crippen molar-refractivity contribution >= 4 is 0 Å². The van der Waals surface area contributed by atoms with E-state index in [0.29, 0.717) is 6.07 Å². The number of alkyl halides is 3. The first-order valence-electron chi connectivity index (χ1n) is 6.13. The van der Waals surface area contributed by atoms with E-state index in [1.807, 2.05) is 0 Å². The third-order valence-corrected chi connectivity index (χ3v) is 3.15. The zero-order chi connectivity index (χ0) is 15.6. The van der Waals surface area contributed by atoms with Crippen LogP contribution in [0.4, 0.5) is 22.0 Å². The van der Waals surface area contributed by atoms with Crippen molar-refractivity contribution in [1.29, 1.82) is 0 Å². The van der Waals surface area contributed by atoms with Gasteiger partial charge in [-0.2, -0.15) is 13.2 Å². The van der Waals surface area contributed by atoms with Gasteiger partial charge in [-0.05, 0) is 19.2 Å². The van der Waals surface area contributed by atoms with Gasteiger partial charge in [0, 0.05) is 11.1 Å². The number of halogens is 5. The van der Waals surface area contributed by atoms with E-state index >= 15 is 0 Å². The average Bonchev–Trinajstić information content (AvgIpc) is 2.42. The minimum absolute atomic E-state index is 0.0817. The maximum Gasteiger partial charge on any atom is 0.419 e. The molecule has 112 valence electrons. The molecule has 1 nitrogen and oxygen atoms in total. The maximum absolute atomic E-state index is 14.1. The van der Waals surface area contributed by atoms with Gasteiger partial charge in [-0.1, -0.05) is 30.3 Å². The molecule has 2 aromatic carbocycles. The predicted molar refractivity (Wildman–Crippen MR) is 68.7 cm³/mol. The molecular weight excluding hydrogens is 289 g/mol. The molecule has 1 N–H and O–H groups in total. The van der Waals surface area contributed by atoms with Crippen molar-refractivity contribution in [3.05, 3.63) is 70.8 Å². The topological polar surface area (TPSA) is 12.0 Å². The summed E-state index contributed by atoms with van der Waals surface area (Å²) < 4.78 is 66.2. The van der Waals surface area contributed by atoms with Crippen molar-refractivity contribution in [2.45, 2.75) is 12.2 Å². The first-order chi connectivity index (χ1) is 9.86. The lowest BCUT2D eigenvalue weighted by atomic mass is 9.96. The Labute approximate surface area is 118 Å². The van der Waals surface area contributed by atoms with E-state index < -0.39 is 29.4 Å². The van der Waals surface area contributed by atoms with Crippen LogP contribution in [0.5, 0.6) is 0 Å². The van der Waals surface area contributed by atoms with Gasteiger partial charge < -0.3 is 5.32 Å². The fourth-order valence-electron chi connectivity index (χ4n) is 2.18. The molecule has 0 spiro atoms. The normalized spacial score (nSPS) is 13.2. The van der Waals surface area contributed by atoms with Crippen LogP contribution in [-0.2, 0) is 6.18 Å². The van der Waals surface area contributed by atoms with Crippen molar-refractivity contribution in [2.75, 3.05) is 7.05 Å². The molecule has 0 aliphatic heterocycles. The van der Waals surface area contributed by atoms with E-state index in [9.17, 15) is 22.0 Å². The van der Waals surface area contributed by atoms with Gasteiger partial charge >= 0.3 is 6.18 Å². The highest BCUT2D eigenvalue weighted by Crippen LogP contribution is 2.35. The molecule has 0 bridgehead atoms. The van der Waals surface area contributed by atoms with Crippen LogP contribution in [0.1, 0.15) is 22.7 Å². The van der Waals surface area contributed by atoms with Crippen molar-refractivity contribution in [2.24, 2.45) is 0 Å². The van der Waals surface area contributed by atoms with Crippen LogP contribution in [0.2, 0.25) is 0 Å². The molecule has 0 radical (unpaired) electrons. The third-order valence-electron chi connectivity index (χ3n) is 3.15. The zero-order valence-electron chi connectivity index (χ0n) is 11.0. The molecule has 0 aliphatic carbocycles. The Bertz CT molecular complexity index is 636. The Hall–Kier alpha value is -1.95. The minimum atomic E-state index is -4.80. The molecule has 0 saturated heterocycles. The monoisotopic (exact) mass is 301 g/mol. The van der Waals surface area contributed by atoms with Crippen LogP contribution in [0, 0.1) is 11.6 Å². The van der Waals surface area contributed by atoms with Gasteiger partial charge in [0.15, 0.2) is 0 Å². The summed E-state index contributed by atoms with van der Waals surface area (Å²) in [4.78, 5) is 0. The van der Waals surface area contributed by atoms with Crippen LogP contribution < -0.4 is 5.32 Å². The second kappa shape index (κ2) is 5.81. The van der Waals surface area contributed by atoms with Crippen molar-refractivity contribution < 1.29 is 22.0 Å². The molecule has 6 heteroatoms. The minimum Gasteiger partial charge on any atom is -0.309 e. The lowest BCUT2D eigenvalue weighted by Crippen LogP contribution is -2.22. The van der Waals surface area contributed by atoms with Crippen molar-refractivity contribution in [3.63, 3.8) is 0 Å². The SMILES string of the molecule is CNC(c1ccccc1F)c1cccc(C(F)(F)F)c1F. The molecule has 1 unspecified atom stereocenters. The van der Waals surface area contributed by atoms with E-state index in [2.05, 4.69) is 5.32 Å². The number of nitrogens with one attached hydrogen (secondary N) is 1. The van der Waals surface area contributed by atoms with E-state index in [4.69, 9.17) is 0 Å². The lowest BCUT2D eigenvalue weighted by Gasteiger charge is -2.20. The van der Waals surface area contributed by atoms with Crippen LogP contribution in [0.25, 0.3) is 0 Å². The molecule has 0 fully saturated rings. The first kappa shape index (κ1) is 15.4. The highest BCUT2D eigenvalue weighted by molar-refractivity contribution is 5.37. The van der Waals surface area contributed by atoms with Crippen molar-refractivity contribution in [1.82, 2.24) is 5.32 Å². The molecule has 0 aromatic heterocycles. The molecule has 2 aromatic rings. The second-order valence-electron chi connectivity index (χ2n) is 4.45. The summed E-state index contributed by atoms with van der Waals surface area (Å²) in [7, 11) is 1.43. The summed E-state index contributed by atoms with van der Waals surface area (Å²) in [5.41, 5.74) is -1.53. The molecule has 0 saturated carbocycles. The molecule has 0 amide bonds. The lowest BCUT2D eigenvalue weighted by molar-refractivity contribution is -0.140. The van der Waals surface area contributed by atoms with Gasteiger partial charge in [0.25, 0.3) is 0 Å². The quantitative estimate of drug-likeness (QED) is 0.834. The summed E-state index contributed by atoms with van der Waals surface area (Å²) in [6.45, 7) is 0. The van der Waals surface area contributed by atoms with Gasteiger partial charge in [-0.3, -0.25) is 0 Å². The molecular formula is C15H12F5N. The van der Waals surface area contributed by atoms with Crippen LogP contribution in [-0.4, -0.2) is 7.05 Å². The summed E-state index contributed by atoms with van der Waals surface area (Å²) in [6.07, 6.45) is -4.80. The van der Waals surface area contributed by atoms with E-state index in [0.717, 1.165) is 6.07 Å². The third kappa shape index (κ3) is 3.05. The van der Waals surface area contributed by atoms with Crippen LogP contribution >= 0.6 is 0 Å². The van der Waals surface area contributed by atoms with E-state index in [1.54, 1.807) is 0 Å². The van der Waals surface area contributed by atoms with Gasteiger partial charge in [0.2, 0.25) is 0 Å². The highest BCUT2D eigenvalue weighted by atomic mass is 19.4. The Morgan fingerprint density at radius 2 is 1.52 bits per heavy atom. The number of benzene rings is 2. The fraction of sp³-hybridized carbons (Fsp3) is 0.200. The van der Waals surface area contributed by atoms with Crippen LogP contribution in [0.3, 0.4) is 0 Å². The average molecular weight is 301 g/mol. The largest absolute Gasteiger partial charge is 0.419 e. The summed E-state index contributed by atoms with van der Waals surface area (Å²) in [5, 5.41) is 2.65. The summed E-state index contributed by atoms with van der Waals surface area (Å²) in [5.74, 6) is -2.01. The van der Waals surface area contributed by atoms with Crippen molar-refractivity contribution in [3.8, 4) is 0 Å². The van der Waals surface area contributed by atoms with Gasteiger partial charge in [-0.25, -0.2) is 8.78 Å².